The molecule has 0 unspecified atom stereocenters. The van der Waals surface area contributed by atoms with Crippen LogP contribution in [0, 0.1) is 11.6 Å². The molecule has 2 nitrogen and oxygen atoms in total. The van der Waals surface area contributed by atoms with Crippen molar-refractivity contribution in [3.63, 3.8) is 0 Å². The Labute approximate surface area is 138 Å². The van der Waals surface area contributed by atoms with Gasteiger partial charge in [0.05, 0.1) is 11.9 Å². The summed E-state index contributed by atoms with van der Waals surface area (Å²) in [5.74, 6) is -1.78. The second kappa shape index (κ2) is 5.89. The molecule has 3 aromatic carbocycles. The molecule has 0 spiro atoms. The predicted molar refractivity (Wildman–Crippen MR) is 92.3 cm³/mol. The van der Waals surface area contributed by atoms with Gasteiger partial charge in [0.1, 0.15) is 0 Å². The molecule has 0 aliphatic heterocycles. The molecular weight excluding hydrogens is 306 g/mol. The minimum atomic E-state index is -0.896. The van der Waals surface area contributed by atoms with Crippen molar-refractivity contribution in [2.75, 3.05) is 5.43 Å². The van der Waals surface area contributed by atoms with E-state index in [0.717, 1.165) is 18.2 Å². The molecule has 0 saturated heterocycles. The van der Waals surface area contributed by atoms with Gasteiger partial charge >= 0.3 is 0 Å². The van der Waals surface area contributed by atoms with Crippen LogP contribution >= 0.6 is 0 Å². The van der Waals surface area contributed by atoms with Crippen LogP contribution in [0.5, 0.6) is 0 Å². The van der Waals surface area contributed by atoms with Crippen molar-refractivity contribution in [3.8, 4) is 11.1 Å². The Bertz CT molecular complexity index is 948. The van der Waals surface area contributed by atoms with Crippen molar-refractivity contribution >= 4 is 11.9 Å². The highest BCUT2D eigenvalue weighted by molar-refractivity contribution is 5.81. The third-order valence-corrected chi connectivity index (χ3v) is 4.17. The number of nitrogens with one attached hydrogen (secondary N) is 1. The molecule has 1 N–H and O–H groups in total. The number of rotatable bonds is 3. The van der Waals surface area contributed by atoms with Gasteiger partial charge in [0.25, 0.3) is 0 Å². The average molecular weight is 320 g/mol. The maximum Gasteiger partial charge on any atom is 0.167 e. The zero-order chi connectivity index (χ0) is 16.5. The van der Waals surface area contributed by atoms with Crippen LogP contribution in [0.3, 0.4) is 0 Å². The summed E-state index contributed by atoms with van der Waals surface area (Å²) in [5.41, 5.74) is 8.84. The Balaban J connectivity index is 1.54. The summed E-state index contributed by atoms with van der Waals surface area (Å²) in [4.78, 5) is 0. The Morgan fingerprint density at radius 2 is 1.71 bits per heavy atom. The first-order chi connectivity index (χ1) is 11.7. The number of fused-ring (bicyclic) bond motifs is 3. The van der Waals surface area contributed by atoms with Gasteiger partial charge in [-0.15, -0.1) is 0 Å². The van der Waals surface area contributed by atoms with Gasteiger partial charge in [-0.25, -0.2) is 8.78 Å². The van der Waals surface area contributed by atoms with Gasteiger partial charge in [0, 0.05) is 5.56 Å². The summed E-state index contributed by atoms with van der Waals surface area (Å²) in [6.45, 7) is 0. The minimum absolute atomic E-state index is 0.107. The highest BCUT2D eigenvalue weighted by Crippen LogP contribution is 2.37. The average Bonchev–Trinajstić information content (AvgIpc) is 2.96. The van der Waals surface area contributed by atoms with E-state index >= 15 is 0 Å². The molecule has 3 aromatic rings. The van der Waals surface area contributed by atoms with Gasteiger partial charge in [-0.2, -0.15) is 5.10 Å². The quantitative estimate of drug-likeness (QED) is 0.418. The van der Waals surface area contributed by atoms with E-state index in [0.29, 0.717) is 0 Å². The van der Waals surface area contributed by atoms with Crippen LogP contribution in [-0.4, -0.2) is 6.21 Å². The number of hydrogen-bond donors (Lipinski definition) is 1. The summed E-state index contributed by atoms with van der Waals surface area (Å²) in [5, 5.41) is 4.01. The number of hydrogen-bond acceptors (Lipinski definition) is 2. The third-order valence-electron chi connectivity index (χ3n) is 4.17. The normalized spacial score (nSPS) is 12.2. The van der Waals surface area contributed by atoms with Gasteiger partial charge < -0.3 is 0 Å². The van der Waals surface area contributed by atoms with Crippen molar-refractivity contribution in [2.45, 2.75) is 6.42 Å². The molecule has 0 aromatic heterocycles. The van der Waals surface area contributed by atoms with Gasteiger partial charge in [-0.05, 0) is 46.9 Å². The summed E-state index contributed by atoms with van der Waals surface area (Å²) in [6, 6.07) is 18.4. The smallest absolute Gasteiger partial charge is 0.167 e. The van der Waals surface area contributed by atoms with Crippen molar-refractivity contribution in [3.05, 3.63) is 89.0 Å². The van der Waals surface area contributed by atoms with Gasteiger partial charge in [-0.1, -0.05) is 42.5 Å². The number of anilines is 1. The first-order valence-corrected chi connectivity index (χ1v) is 7.66. The van der Waals surface area contributed by atoms with E-state index in [-0.39, 0.29) is 5.56 Å². The summed E-state index contributed by atoms with van der Waals surface area (Å²) in [7, 11) is 0. The minimum Gasteiger partial charge on any atom is -0.278 e. The lowest BCUT2D eigenvalue weighted by Gasteiger charge is -2.05. The maximum absolute atomic E-state index is 13.6. The summed E-state index contributed by atoms with van der Waals surface area (Å²) < 4.78 is 26.7. The number of nitrogens with zero attached hydrogens (tertiary/aromatic N) is 1. The van der Waals surface area contributed by atoms with Crippen LogP contribution in [-0.2, 0) is 6.42 Å². The lowest BCUT2D eigenvalue weighted by atomic mass is 10.1. The standard InChI is InChI=1S/C20H14F2N2/c21-19-7-3-5-14(20(19)22)12-23-24-16-8-9-18-15(11-16)10-13-4-1-2-6-17(13)18/h1-9,11-12,24H,10H2/b23-12+. The summed E-state index contributed by atoms with van der Waals surface area (Å²) >= 11 is 0. The highest BCUT2D eigenvalue weighted by atomic mass is 19.2. The van der Waals surface area contributed by atoms with Crippen LogP contribution in [0.1, 0.15) is 16.7 Å². The molecule has 24 heavy (non-hydrogen) atoms. The molecule has 4 heteroatoms. The molecule has 0 heterocycles. The van der Waals surface area contributed by atoms with Crippen LogP contribution in [0.2, 0.25) is 0 Å². The first kappa shape index (κ1) is 14.6. The Hall–Kier alpha value is -3.01. The molecule has 0 atom stereocenters. The van der Waals surface area contributed by atoms with Crippen molar-refractivity contribution in [1.29, 1.82) is 0 Å². The van der Waals surface area contributed by atoms with Crippen LogP contribution in [0.25, 0.3) is 11.1 Å². The number of hydrazone groups is 1. The second-order valence-corrected chi connectivity index (χ2v) is 5.72. The molecule has 1 aliphatic carbocycles. The molecule has 1 aliphatic rings. The monoisotopic (exact) mass is 320 g/mol. The summed E-state index contributed by atoms with van der Waals surface area (Å²) in [6.07, 6.45) is 2.17. The van der Waals surface area contributed by atoms with E-state index in [4.69, 9.17) is 0 Å². The number of halogens is 2. The Morgan fingerprint density at radius 3 is 2.62 bits per heavy atom. The van der Waals surface area contributed by atoms with E-state index < -0.39 is 11.6 Å². The fraction of sp³-hybridized carbons (Fsp3) is 0.0500. The molecule has 0 bridgehead atoms. The van der Waals surface area contributed by atoms with Crippen molar-refractivity contribution < 1.29 is 8.78 Å². The van der Waals surface area contributed by atoms with E-state index in [1.165, 1.54) is 40.6 Å². The largest absolute Gasteiger partial charge is 0.278 e. The Morgan fingerprint density at radius 1 is 0.875 bits per heavy atom. The van der Waals surface area contributed by atoms with Crippen molar-refractivity contribution in [2.24, 2.45) is 5.10 Å². The third kappa shape index (κ3) is 2.56. The molecule has 0 amide bonds. The van der Waals surface area contributed by atoms with Gasteiger partial charge in [0.2, 0.25) is 0 Å². The fourth-order valence-corrected chi connectivity index (χ4v) is 3.01. The molecule has 118 valence electrons. The lowest BCUT2D eigenvalue weighted by molar-refractivity contribution is 0.507. The van der Waals surface area contributed by atoms with Crippen molar-refractivity contribution in [1.82, 2.24) is 0 Å². The zero-order valence-electron chi connectivity index (χ0n) is 12.8. The van der Waals surface area contributed by atoms with Gasteiger partial charge in [0.15, 0.2) is 11.6 Å². The van der Waals surface area contributed by atoms with Crippen LogP contribution < -0.4 is 5.43 Å². The van der Waals surface area contributed by atoms with Crippen LogP contribution in [0.15, 0.2) is 65.8 Å². The van der Waals surface area contributed by atoms with E-state index in [9.17, 15) is 8.78 Å². The number of benzene rings is 3. The maximum atomic E-state index is 13.6. The topological polar surface area (TPSA) is 24.4 Å². The van der Waals surface area contributed by atoms with E-state index in [2.05, 4.69) is 28.7 Å². The molecule has 0 radical (unpaired) electrons. The molecule has 0 saturated carbocycles. The lowest BCUT2D eigenvalue weighted by Crippen LogP contribution is -1.96. The SMILES string of the molecule is Fc1cccc(/C=N/Nc2ccc3c(c2)Cc2ccccc2-3)c1F. The van der Waals surface area contributed by atoms with Crippen LogP contribution in [0.4, 0.5) is 14.5 Å². The second-order valence-electron chi connectivity index (χ2n) is 5.72. The first-order valence-electron chi connectivity index (χ1n) is 7.66. The predicted octanol–water partition coefficient (Wildman–Crippen LogP) is 4.98. The van der Waals surface area contributed by atoms with E-state index in [1.807, 2.05) is 24.3 Å². The van der Waals surface area contributed by atoms with Gasteiger partial charge in [-0.3, -0.25) is 5.43 Å². The molecule has 4 rings (SSSR count). The molecular formula is C20H14F2N2. The zero-order valence-corrected chi connectivity index (χ0v) is 12.8. The molecule has 0 fully saturated rings. The fourth-order valence-electron chi connectivity index (χ4n) is 3.01. The Kier molecular flexibility index (Phi) is 3.58. The highest BCUT2D eigenvalue weighted by Gasteiger charge is 2.17. The van der Waals surface area contributed by atoms with E-state index in [1.54, 1.807) is 0 Å².